The predicted molar refractivity (Wildman–Crippen MR) is 108 cm³/mol. The highest BCUT2D eigenvalue weighted by Gasteiger charge is 2.37. The van der Waals surface area contributed by atoms with Crippen molar-refractivity contribution in [3.8, 4) is 0 Å². The van der Waals surface area contributed by atoms with Crippen LogP contribution in [0.2, 0.25) is 0 Å². The third-order valence-electron chi connectivity index (χ3n) is 5.15. The van der Waals surface area contributed by atoms with E-state index in [9.17, 15) is 25.2 Å². The SMILES string of the molecule is CCC(C)(CC(C)(C)C)C(O)CC(O)C(CNCC(O)C(O)CO)NC(N)=O. The molecule has 0 fully saturated rings. The first kappa shape index (κ1) is 27.0. The Morgan fingerprint density at radius 3 is 2.00 bits per heavy atom. The summed E-state index contributed by atoms with van der Waals surface area (Å²) in [5.74, 6) is 0. The molecule has 0 aliphatic heterocycles. The summed E-state index contributed by atoms with van der Waals surface area (Å²) >= 11 is 0. The topological polar surface area (TPSA) is 168 Å². The molecule has 0 aliphatic carbocycles. The lowest BCUT2D eigenvalue weighted by Gasteiger charge is -2.40. The van der Waals surface area contributed by atoms with Gasteiger partial charge in [0.25, 0.3) is 0 Å². The van der Waals surface area contributed by atoms with Gasteiger partial charge in [0.2, 0.25) is 0 Å². The number of aliphatic hydroxyl groups is 5. The summed E-state index contributed by atoms with van der Waals surface area (Å²) in [7, 11) is 0. The molecule has 0 spiro atoms. The van der Waals surface area contributed by atoms with Gasteiger partial charge in [0.15, 0.2) is 0 Å². The maximum absolute atomic E-state index is 11.3. The van der Waals surface area contributed by atoms with E-state index in [0.29, 0.717) is 0 Å². The zero-order chi connectivity index (χ0) is 22.1. The zero-order valence-electron chi connectivity index (χ0n) is 17.9. The number of urea groups is 1. The predicted octanol–water partition coefficient (Wildman–Crippen LogP) is -0.709. The molecule has 6 unspecified atom stereocenters. The molecular weight excluding hydrogens is 366 g/mol. The van der Waals surface area contributed by atoms with E-state index < -0.39 is 48.5 Å². The second-order valence-electron chi connectivity index (χ2n) is 9.15. The maximum atomic E-state index is 11.3. The van der Waals surface area contributed by atoms with E-state index in [1.807, 2.05) is 13.8 Å². The van der Waals surface area contributed by atoms with Crippen LogP contribution in [0.5, 0.6) is 0 Å². The van der Waals surface area contributed by atoms with Crippen LogP contribution in [0.25, 0.3) is 0 Å². The molecule has 9 nitrogen and oxygen atoms in total. The first-order chi connectivity index (χ1) is 12.8. The van der Waals surface area contributed by atoms with Gasteiger partial charge in [0, 0.05) is 19.5 Å². The summed E-state index contributed by atoms with van der Waals surface area (Å²) in [5, 5.41) is 54.5. The third kappa shape index (κ3) is 9.99. The van der Waals surface area contributed by atoms with Gasteiger partial charge in [-0.05, 0) is 23.7 Å². The van der Waals surface area contributed by atoms with Gasteiger partial charge in [-0.25, -0.2) is 4.79 Å². The lowest BCUT2D eigenvalue weighted by molar-refractivity contribution is -0.0338. The van der Waals surface area contributed by atoms with Gasteiger partial charge in [0.05, 0.1) is 31.0 Å². The first-order valence-electron chi connectivity index (χ1n) is 9.85. The van der Waals surface area contributed by atoms with E-state index in [4.69, 9.17) is 10.8 Å². The standard InChI is InChI=1S/C19H41N3O6/c1-6-19(5,11-18(2,3)4)16(27)7-13(24)12(22-17(20)28)8-21-9-14(25)15(26)10-23/h12-16,21,23-27H,6-11H2,1-5H3,(H3,20,22,28). The van der Waals surface area contributed by atoms with Crippen LogP contribution in [0.3, 0.4) is 0 Å². The smallest absolute Gasteiger partial charge is 0.312 e. The fraction of sp³-hybridized carbons (Fsp3) is 0.947. The number of amides is 2. The first-order valence-corrected chi connectivity index (χ1v) is 9.85. The molecule has 0 saturated carbocycles. The summed E-state index contributed by atoms with van der Waals surface area (Å²) in [6.45, 7) is 9.70. The summed E-state index contributed by atoms with van der Waals surface area (Å²) in [6, 6.07) is -1.61. The number of hydrogen-bond acceptors (Lipinski definition) is 7. The largest absolute Gasteiger partial charge is 0.394 e. The van der Waals surface area contributed by atoms with Gasteiger partial charge in [0.1, 0.15) is 6.10 Å². The zero-order valence-corrected chi connectivity index (χ0v) is 17.9. The molecule has 168 valence electrons. The number of nitrogens with two attached hydrogens (primary N) is 1. The molecule has 0 rings (SSSR count). The minimum absolute atomic E-state index is 0.00675. The van der Waals surface area contributed by atoms with Crippen LogP contribution < -0.4 is 16.4 Å². The van der Waals surface area contributed by atoms with E-state index in [1.54, 1.807) is 0 Å². The molecule has 6 atom stereocenters. The maximum Gasteiger partial charge on any atom is 0.312 e. The molecule has 28 heavy (non-hydrogen) atoms. The second kappa shape index (κ2) is 11.9. The van der Waals surface area contributed by atoms with E-state index in [-0.39, 0.29) is 24.9 Å². The van der Waals surface area contributed by atoms with Crippen LogP contribution in [-0.2, 0) is 0 Å². The molecule has 2 amide bonds. The quantitative estimate of drug-likeness (QED) is 0.199. The molecule has 0 aromatic rings. The summed E-state index contributed by atoms with van der Waals surface area (Å²) in [4.78, 5) is 11.3. The number of primary amides is 1. The van der Waals surface area contributed by atoms with Crippen LogP contribution in [0.15, 0.2) is 0 Å². The average molecular weight is 408 g/mol. The highest BCUT2D eigenvalue weighted by Crippen LogP contribution is 2.40. The van der Waals surface area contributed by atoms with Gasteiger partial charge in [-0.3, -0.25) is 0 Å². The van der Waals surface area contributed by atoms with Crippen molar-refractivity contribution in [3.63, 3.8) is 0 Å². The Morgan fingerprint density at radius 1 is 1.00 bits per heavy atom. The van der Waals surface area contributed by atoms with E-state index in [1.165, 1.54) is 0 Å². The molecule has 0 bridgehead atoms. The molecule has 0 aromatic carbocycles. The van der Waals surface area contributed by atoms with Crippen LogP contribution in [0.1, 0.15) is 53.9 Å². The molecule has 0 aliphatic rings. The number of nitrogens with one attached hydrogen (secondary N) is 2. The summed E-state index contributed by atoms with van der Waals surface area (Å²) < 4.78 is 0. The Morgan fingerprint density at radius 2 is 1.57 bits per heavy atom. The minimum Gasteiger partial charge on any atom is -0.394 e. The molecular formula is C19H41N3O6. The Hall–Kier alpha value is -0.970. The fourth-order valence-electron chi connectivity index (χ4n) is 3.48. The Balaban J connectivity index is 4.95. The number of aliphatic hydroxyl groups excluding tert-OH is 5. The van der Waals surface area contributed by atoms with Gasteiger partial charge >= 0.3 is 6.03 Å². The fourth-order valence-corrected chi connectivity index (χ4v) is 3.48. The average Bonchev–Trinajstić information content (AvgIpc) is 2.57. The minimum atomic E-state index is -1.29. The third-order valence-corrected chi connectivity index (χ3v) is 5.15. The van der Waals surface area contributed by atoms with Crippen molar-refractivity contribution in [1.29, 1.82) is 0 Å². The van der Waals surface area contributed by atoms with Gasteiger partial charge in [-0.2, -0.15) is 0 Å². The molecule has 0 saturated heterocycles. The molecule has 0 radical (unpaired) electrons. The number of carbonyl (C=O) groups is 1. The lowest BCUT2D eigenvalue weighted by atomic mass is 9.69. The van der Waals surface area contributed by atoms with Gasteiger partial charge in [-0.15, -0.1) is 0 Å². The van der Waals surface area contributed by atoms with Crippen LogP contribution in [-0.4, -0.2) is 81.7 Å². The Kier molecular flexibility index (Phi) is 11.5. The van der Waals surface area contributed by atoms with Crippen molar-refractivity contribution >= 4 is 6.03 Å². The van der Waals surface area contributed by atoms with Crippen molar-refractivity contribution in [3.05, 3.63) is 0 Å². The number of rotatable bonds is 13. The second-order valence-corrected chi connectivity index (χ2v) is 9.15. The summed E-state index contributed by atoms with van der Waals surface area (Å²) in [5.41, 5.74) is 4.79. The van der Waals surface area contributed by atoms with Crippen LogP contribution in [0.4, 0.5) is 4.79 Å². The Labute approximate surface area is 168 Å². The highest BCUT2D eigenvalue weighted by molar-refractivity contribution is 5.72. The highest BCUT2D eigenvalue weighted by atomic mass is 16.4. The van der Waals surface area contributed by atoms with Gasteiger partial charge < -0.3 is 41.9 Å². The molecule has 9 N–H and O–H groups in total. The van der Waals surface area contributed by atoms with E-state index in [0.717, 1.165) is 12.8 Å². The summed E-state index contributed by atoms with van der Waals surface area (Å²) in [6.07, 6.45) is -2.79. The van der Waals surface area contributed by atoms with Crippen LogP contribution in [0, 0.1) is 10.8 Å². The molecule has 0 heterocycles. The van der Waals surface area contributed by atoms with Crippen molar-refractivity contribution < 1.29 is 30.3 Å². The van der Waals surface area contributed by atoms with E-state index >= 15 is 0 Å². The molecule has 0 aromatic heterocycles. The number of carbonyl (C=O) groups excluding carboxylic acids is 1. The van der Waals surface area contributed by atoms with E-state index in [2.05, 4.69) is 31.4 Å². The number of hydrogen-bond donors (Lipinski definition) is 8. The van der Waals surface area contributed by atoms with Gasteiger partial charge in [-0.1, -0.05) is 34.6 Å². The van der Waals surface area contributed by atoms with Crippen molar-refractivity contribution in [1.82, 2.24) is 10.6 Å². The Bertz CT molecular complexity index is 459. The van der Waals surface area contributed by atoms with Crippen molar-refractivity contribution in [2.24, 2.45) is 16.6 Å². The van der Waals surface area contributed by atoms with Crippen LogP contribution >= 0.6 is 0 Å². The monoisotopic (exact) mass is 407 g/mol. The normalized spacial score (nSPS) is 19.9. The molecule has 9 heteroatoms. The van der Waals surface area contributed by atoms with Crippen molar-refractivity contribution in [2.75, 3.05) is 19.7 Å². The van der Waals surface area contributed by atoms with Crippen molar-refractivity contribution in [2.45, 2.75) is 84.3 Å². The lowest BCUT2D eigenvalue weighted by Crippen LogP contribution is -2.54.